The van der Waals surface area contributed by atoms with Crippen molar-refractivity contribution in [2.24, 2.45) is 0 Å². The largest absolute Gasteiger partial charge is 0.496 e. The van der Waals surface area contributed by atoms with Crippen LogP contribution in [0.1, 0.15) is 50.9 Å². The lowest BCUT2D eigenvalue weighted by molar-refractivity contribution is 0.0526. The van der Waals surface area contributed by atoms with Crippen molar-refractivity contribution < 1.29 is 19.1 Å². The number of methoxy groups -OCH3 is 1. The molecule has 3 rings (SSSR count). The Morgan fingerprint density at radius 2 is 2.03 bits per heavy atom. The van der Waals surface area contributed by atoms with Gasteiger partial charge >= 0.3 is 5.97 Å². The lowest BCUT2D eigenvalue weighted by atomic mass is 9.95. The number of ether oxygens (including phenoxy) is 2. The van der Waals surface area contributed by atoms with Gasteiger partial charge in [0.05, 0.1) is 22.9 Å². The van der Waals surface area contributed by atoms with Crippen LogP contribution in [0.15, 0.2) is 18.2 Å². The second-order valence-corrected chi connectivity index (χ2v) is 9.07. The predicted octanol–water partition coefficient (Wildman–Crippen LogP) is 4.54. The van der Waals surface area contributed by atoms with E-state index >= 15 is 0 Å². The summed E-state index contributed by atoms with van der Waals surface area (Å²) in [6, 6.07) is 5.14. The second-order valence-electron chi connectivity index (χ2n) is 6.39. The van der Waals surface area contributed by atoms with Crippen LogP contribution in [0.2, 0.25) is 0 Å². The highest BCUT2D eigenvalue weighted by molar-refractivity contribution is 14.1. The number of carbonyl (C=O) groups is 2. The third-order valence-electron chi connectivity index (χ3n) is 4.52. The Balaban J connectivity index is 1.76. The Hall–Kier alpha value is -1.72. The van der Waals surface area contributed by atoms with Crippen LogP contribution < -0.4 is 15.4 Å². The van der Waals surface area contributed by atoms with E-state index in [9.17, 15) is 9.59 Å². The number of amides is 1. The fourth-order valence-electron chi connectivity index (χ4n) is 3.19. The predicted molar refractivity (Wildman–Crippen MR) is 126 cm³/mol. The first kappa shape index (κ1) is 22.0. The maximum atomic E-state index is 12.5. The molecule has 0 atom stereocenters. The van der Waals surface area contributed by atoms with Crippen molar-refractivity contribution in [2.75, 3.05) is 19.0 Å². The molecule has 0 spiro atoms. The van der Waals surface area contributed by atoms with Gasteiger partial charge in [0, 0.05) is 10.4 Å². The number of esters is 1. The molecule has 9 heteroatoms. The van der Waals surface area contributed by atoms with Crippen LogP contribution in [0.4, 0.5) is 5.00 Å². The van der Waals surface area contributed by atoms with Gasteiger partial charge in [-0.15, -0.1) is 11.3 Å². The van der Waals surface area contributed by atoms with Crippen LogP contribution in [0.5, 0.6) is 5.75 Å². The minimum Gasteiger partial charge on any atom is -0.496 e. The average Bonchev–Trinajstić information content (AvgIpc) is 3.05. The third-order valence-corrected chi connectivity index (χ3v) is 6.77. The second kappa shape index (κ2) is 9.86. The number of aryl methyl sites for hydroxylation is 1. The Morgan fingerprint density at radius 1 is 1.28 bits per heavy atom. The number of carbonyl (C=O) groups excluding carboxylic acids is 2. The number of nitrogens with one attached hydrogen (secondary N) is 2. The first-order chi connectivity index (χ1) is 13.9. The molecule has 6 nitrogen and oxygen atoms in total. The van der Waals surface area contributed by atoms with Crippen molar-refractivity contribution in [3.63, 3.8) is 0 Å². The summed E-state index contributed by atoms with van der Waals surface area (Å²) < 4.78 is 11.3. The zero-order valence-corrected chi connectivity index (χ0v) is 19.9. The van der Waals surface area contributed by atoms with Crippen LogP contribution >= 0.6 is 46.1 Å². The lowest BCUT2D eigenvalue weighted by Crippen LogP contribution is -2.34. The fourth-order valence-corrected chi connectivity index (χ4v) is 5.47. The van der Waals surface area contributed by atoms with Crippen LogP contribution in [0, 0.1) is 3.57 Å². The molecule has 0 fully saturated rings. The molecule has 29 heavy (non-hydrogen) atoms. The molecule has 0 saturated heterocycles. The number of anilines is 1. The van der Waals surface area contributed by atoms with Gasteiger partial charge in [-0.3, -0.25) is 10.1 Å². The number of halogens is 1. The van der Waals surface area contributed by atoms with Crippen LogP contribution in [0.3, 0.4) is 0 Å². The summed E-state index contributed by atoms with van der Waals surface area (Å²) in [6.45, 7) is 2.09. The summed E-state index contributed by atoms with van der Waals surface area (Å²) in [5.74, 6) is 0.0152. The molecule has 1 amide bonds. The van der Waals surface area contributed by atoms with Crippen LogP contribution in [0.25, 0.3) is 0 Å². The molecule has 0 bridgehead atoms. The topological polar surface area (TPSA) is 76.7 Å². The number of thiophene rings is 1. The summed E-state index contributed by atoms with van der Waals surface area (Å²) in [5, 5.41) is 6.49. The van der Waals surface area contributed by atoms with Crippen molar-refractivity contribution >= 4 is 68.1 Å². The number of fused-ring (bicyclic) bond motifs is 1. The molecule has 0 aliphatic heterocycles. The summed E-state index contributed by atoms with van der Waals surface area (Å²) >= 11 is 8.94. The molecule has 154 valence electrons. The molecule has 1 aromatic carbocycles. The zero-order valence-electron chi connectivity index (χ0n) is 16.1. The third kappa shape index (κ3) is 5.07. The average molecular weight is 544 g/mol. The van der Waals surface area contributed by atoms with Crippen molar-refractivity contribution in [1.29, 1.82) is 0 Å². The Bertz CT molecular complexity index is 958. The number of hydrogen-bond donors (Lipinski definition) is 2. The SMILES string of the molecule is CCOC(=O)c1c(NC(=S)NC(=O)c2ccc(OC)c(I)c2)sc2c1CCCC2. The minimum atomic E-state index is -0.353. The van der Waals surface area contributed by atoms with E-state index in [0.717, 1.165) is 34.8 Å². The number of rotatable bonds is 5. The number of benzene rings is 1. The van der Waals surface area contributed by atoms with E-state index < -0.39 is 0 Å². The first-order valence-electron chi connectivity index (χ1n) is 9.22. The Kier molecular flexibility index (Phi) is 7.47. The van der Waals surface area contributed by atoms with Gasteiger partial charge in [0.2, 0.25) is 0 Å². The quantitative estimate of drug-likeness (QED) is 0.327. The number of thiocarbonyl (C=S) groups is 1. The smallest absolute Gasteiger partial charge is 0.341 e. The van der Waals surface area contributed by atoms with E-state index in [1.807, 2.05) is 0 Å². The summed E-state index contributed by atoms with van der Waals surface area (Å²) in [6.07, 6.45) is 3.95. The molecule has 0 radical (unpaired) electrons. The molecule has 1 aliphatic carbocycles. The highest BCUT2D eigenvalue weighted by atomic mass is 127. The molecule has 2 aromatic rings. The maximum Gasteiger partial charge on any atom is 0.341 e. The lowest BCUT2D eigenvalue weighted by Gasteiger charge is -2.13. The highest BCUT2D eigenvalue weighted by Crippen LogP contribution is 2.38. The summed E-state index contributed by atoms with van der Waals surface area (Å²) in [5.41, 5.74) is 2.05. The van der Waals surface area contributed by atoms with E-state index in [1.165, 1.54) is 16.2 Å². The summed E-state index contributed by atoms with van der Waals surface area (Å²) in [7, 11) is 1.58. The minimum absolute atomic E-state index is 0.143. The van der Waals surface area contributed by atoms with Gasteiger partial charge in [0.1, 0.15) is 10.8 Å². The number of hydrogen-bond acceptors (Lipinski definition) is 6. The molecule has 1 aliphatic rings. The molecule has 0 unspecified atom stereocenters. The van der Waals surface area contributed by atoms with Crippen LogP contribution in [-0.4, -0.2) is 30.7 Å². The molecular formula is C20H21IN2O4S2. The zero-order chi connectivity index (χ0) is 21.0. The van der Waals surface area contributed by atoms with Gasteiger partial charge < -0.3 is 14.8 Å². The standard InChI is InChI=1S/C20H21IN2O4S2/c1-3-27-19(25)16-12-6-4-5-7-15(12)29-18(16)23-20(28)22-17(24)11-8-9-14(26-2)13(21)10-11/h8-10H,3-7H2,1-2H3,(H2,22,23,24,28). The molecule has 1 aromatic heterocycles. The van der Waals surface area contributed by atoms with Gasteiger partial charge in [0.15, 0.2) is 5.11 Å². The molecule has 1 heterocycles. The van der Waals surface area contributed by atoms with Gasteiger partial charge in [-0.2, -0.15) is 0 Å². The molecule has 2 N–H and O–H groups in total. The van der Waals surface area contributed by atoms with Crippen molar-refractivity contribution in [1.82, 2.24) is 5.32 Å². The van der Waals surface area contributed by atoms with Gasteiger partial charge in [-0.1, -0.05) is 0 Å². The van der Waals surface area contributed by atoms with Gasteiger partial charge in [-0.25, -0.2) is 4.79 Å². The summed E-state index contributed by atoms with van der Waals surface area (Å²) in [4.78, 5) is 26.2. The van der Waals surface area contributed by atoms with Crippen molar-refractivity contribution in [3.05, 3.63) is 43.3 Å². The van der Waals surface area contributed by atoms with Crippen LogP contribution in [-0.2, 0) is 17.6 Å². The van der Waals surface area contributed by atoms with Crippen molar-refractivity contribution in [3.8, 4) is 5.75 Å². The first-order valence-corrected chi connectivity index (χ1v) is 11.5. The Morgan fingerprint density at radius 3 is 2.72 bits per heavy atom. The fraction of sp³-hybridized carbons (Fsp3) is 0.350. The maximum absolute atomic E-state index is 12.5. The van der Waals surface area contributed by atoms with Gasteiger partial charge in [0.25, 0.3) is 5.91 Å². The van der Waals surface area contributed by atoms with Crippen molar-refractivity contribution in [2.45, 2.75) is 32.6 Å². The Labute approximate surface area is 192 Å². The highest BCUT2D eigenvalue weighted by Gasteiger charge is 2.27. The van der Waals surface area contributed by atoms with E-state index in [2.05, 4.69) is 33.2 Å². The normalized spacial score (nSPS) is 12.7. The van der Waals surface area contributed by atoms with Gasteiger partial charge in [-0.05, 0) is 91.2 Å². The van der Waals surface area contributed by atoms with E-state index in [-0.39, 0.29) is 17.0 Å². The van der Waals surface area contributed by atoms with E-state index in [0.29, 0.717) is 28.5 Å². The molecule has 0 saturated carbocycles. The van der Waals surface area contributed by atoms with E-state index in [4.69, 9.17) is 21.7 Å². The molecular weight excluding hydrogens is 523 g/mol. The van der Waals surface area contributed by atoms with E-state index in [1.54, 1.807) is 32.2 Å². The monoisotopic (exact) mass is 544 g/mol.